The van der Waals surface area contributed by atoms with E-state index in [1.165, 1.54) is 43.7 Å². The highest BCUT2D eigenvalue weighted by Gasteiger charge is 2.22. The van der Waals surface area contributed by atoms with E-state index in [0.29, 0.717) is 6.04 Å². The highest BCUT2D eigenvalue weighted by molar-refractivity contribution is 5.55. The van der Waals surface area contributed by atoms with E-state index >= 15 is 0 Å². The van der Waals surface area contributed by atoms with Crippen molar-refractivity contribution in [2.24, 2.45) is 0 Å². The van der Waals surface area contributed by atoms with Gasteiger partial charge in [-0.05, 0) is 38.1 Å². The summed E-state index contributed by atoms with van der Waals surface area (Å²) in [6.45, 7) is 5.82. The number of anilines is 1. The SMILES string of the molecule is CN1CCN(c2ccccc2C2CCCN2)CC1. The second kappa shape index (κ2) is 5.29. The summed E-state index contributed by atoms with van der Waals surface area (Å²) in [4.78, 5) is 4.96. The molecule has 0 bridgehead atoms. The van der Waals surface area contributed by atoms with Crippen LogP contribution in [-0.2, 0) is 0 Å². The Balaban J connectivity index is 1.82. The molecule has 1 aromatic rings. The molecule has 2 fully saturated rings. The largest absolute Gasteiger partial charge is 0.369 e. The highest BCUT2D eigenvalue weighted by Crippen LogP contribution is 2.31. The second-order valence-electron chi connectivity index (χ2n) is 5.50. The van der Waals surface area contributed by atoms with Crippen molar-refractivity contribution in [2.45, 2.75) is 18.9 Å². The zero-order chi connectivity index (χ0) is 12.4. The average molecular weight is 245 g/mol. The predicted octanol–water partition coefficient (Wildman–Crippen LogP) is 1.86. The number of hydrogen-bond acceptors (Lipinski definition) is 3. The van der Waals surface area contributed by atoms with E-state index in [1.807, 2.05) is 0 Å². The molecule has 1 atom stereocenters. The van der Waals surface area contributed by atoms with Crippen LogP contribution in [0.1, 0.15) is 24.4 Å². The van der Waals surface area contributed by atoms with E-state index in [1.54, 1.807) is 0 Å². The van der Waals surface area contributed by atoms with Crippen molar-refractivity contribution in [3.8, 4) is 0 Å². The van der Waals surface area contributed by atoms with E-state index < -0.39 is 0 Å². The summed E-state index contributed by atoms with van der Waals surface area (Å²) in [6.07, 6.45) is 2.59. The average Bonchev–Trinajstić information content (AvgIpc) is 2.93. The fraction of sp³-hybridized carbons (Fsp3) is 0.600. The van der Waals surface area contributed by atoms with E-state index in [4.69, 9.17) is 0 Å². The molecule has 98 valence electrons. The number of likely N-dealkylation sites (N-methyl/N-ethyl adjacent to an activating group) is 1. The maximum atomic E-state index is 3.62. The Morgan fingerprint density at radius 1 is 1.11 bits per heavy atom. The molecule has 0 saturated carbocycles. The fourth-order valence-electron chi connectivity index (χ4n) is 3.07. The Morgan fingerprint density at radius 2 is 1.89 bits per heavy atom. The number of nitrogens with zero attached hydrogens (tertiary/aromatic N) is 2. The lowest BCUT2D eigenvalue weighted by Crippen LogP contribution is -2.45. The minimum atomic E-state index is 0.570. The van der Waals surface area contributed by atoms with E-state index in [-0.39, 0.29) is 0 Å². The Bertz CT molecular complexity index is 390. The van der Waals surface area contributed by atoms with Crippen molar-refractivity contribution in [3.63, 3.8) is 0 Å². The molecule has 3 heteroatoms. The quantitative estimate of drug-likeness (QED) is 0.858. The van der Waals surface area contributed by atoms with Crippen LogP contribution in [0.25, 0.3) is 0 Å². The van der Waals surface area contributed by atoms with Gasteiger partial charge in [0.1, 0.15) is 0 Å². The molecule has 0 radical (unpaired) electrons. The molecule has 3 nitrogen and oxygen atoms in total. The van der Waals surface area contributed by atoms with Gasteiger partial charge in [-0.25, -0.2) is 0 Å². The van der Waals surface area contributed by atoms with Crippen molar-refractivity contribution in [2.75, 3.05) is 44.7 Å². The van der Waals surface area contributed by atoms with E-state index in [9.17, 15) is 0 Å². The van der Waals surface area contributed by atoms with Crippen LogP contribution in [0.2, 0.25) is 0 Å². The first-order valence-corrected chi connectivity index (χ1v) is 7.10. The Hall–Kier alpha value is -1.06. The monoisotopic (exact) mass is 245 g/mol. The topological polar surface area (TPSA) is 18.5 Å². The number of para-hydroxylation sites is 1. The maximum absolute atomic E-state index is 3.62. The predicted molar refractivity (Wildman–Crippen MR) is 76.1 cm³/mol. The highest BCUT2D eigenvalue weighted by atomic mass is 15.2. The summed E-state index contributed by atoms with van der Waals surface area (Å²) in [5.74, 6) is 0. The van der Waals surface area contributed by atoms with Gasteiger partial charge in [0, 0.05) is 37.9 Å². The molecule has 0 aromatic heterocycles. The van der Waals surface area contributed by atoms with Crippen molar-refractivity contribution in [1.82, 2.24) is 10.2 Å². The van der Waals surface area contributed by atoms with Crippen molar-refractivity contribution < 1.29 is 0 Å². The number of piperazine rings is 1. The molecule has 3 rings (SSSR count). The third kappa shape index (κ3) is 2.38. The fourth-order valence-corrected chi connectivity index (χ4v) is 3.07. The zero-order valence-corrected chi connectivity index (χ0v) is 11.2. The lowest BCUT2D eigenvalue weighted by molar-refractivity contribution is 0.312. The summed E-state index contributed by atoms with van der Waals surface area (Å²) in [5, 5.41) is 3.62. The first-order valence-electron chi connectivity index (χ1n) is 7.10. The van der Waals surface area contributed by atoms with Gasteiger partial charge in [-0.15, -0.1) is 0 Å². The van der Waals surface area contributed by atoms with Gasteiger partial charge in [0.2, 0.25) is 0 Å². The third-order valence-electron chi connectivity index (χ3n) is 4.22. The van der Waals surface area contributed by atoms with Crippen LogP contribution in [0, 0.1) is 0 Å². The third-order valence-corrected chi connectivity index (χ3v) is 4.22. The number of rotatable bonds is 2. The second-order valence-corrected chi connectivity index (χ2v) is 5.50. The van der Waals surface area contributed by atoms with Crippen LogP contribution in [0.3, 0.4) is 0 Å². The summed E-state index contributed by atoms with van der Waals surface area (Å²) in [7, 11) is 2.21. The molecule has 2 aliphatic rings. The number of hydrogen-bond donors (Lipinski definition) is 1. The summed E-state index contributed by atoms with van der Waals surface area (Å²) in [6, 6.07) is 9.51. The molecule has 2 heterocycles. The maximum Gasteiger partial charge on any atom is 0.0415 e. The van der Waals surface area contributed by atoms with Gasteiger partial charge in [-0.2, -0.15) is 0 Å². The van der Waals surface area contributed by atoms with Crippen molar-refractivity contribution in [3.05, 3.63) is 29.8 Å². The summed E-state index contributed by atoms with van der Waals surface area (Å²) in [5.41, 5.74) is 2.95. The lowest BCUT2D eigenvalue weighted by atomic mass is 10.0. The van der Waals surface area contributed by atoms with Crippen LogP contribution in [0.4, 0.5) is 5.69 Å². The molecule has 1 N–H and O–H groups in total. The van der Waals surface area contributed by atoms with Crippen molar-refractivity contribution >= 4 is 5.69 Å². The lowest BCUT2D eigenvalue weighted by Gasteiger charge is -2.36. The molecule has 0 aliphatic carbocycles. The van der Waals surface area contributed by atoms with Gasteiger partial charge < -0.3 is 15.1 Å². The minimum absolute atomic E-state index is 0.570. The van der Waals surface area contributed by atoms with Gasteiger partial charge >= 0.3 is 0 Å². The molecule has 0 amide bonds. The number of nitrogens with one attached hydrogen (secondary N) is 1. The molecular formula is C15H23N3. The molecular weight excluding hydrogens is 222 g/mol. The Labute approximate surface area is 110 Å². The summed E-state index contributed by atoms with van der Waals surface area (Å²) < 4.78 is 0. The van der Waals surface area contributed by atoms with Gasteiger partial charge in [0.25, 0.3) is 0 Å². The first-order chi connectivity index (χ1) is 8.84. The van der Waals surface area contributed by atoms with Gasteiger partial charge in [0.05, 0.1) is 0 Å². The Morgan fingerprint density at radius 3 is 2.61 bits per heavy atom. The van der Waals surface area contributed by atoms with Crippen LogP contribution >= 0.6 is 0 Å². The van der Waals surface area contributed by atoms with Crippen LogP contribution in [0.5, 0.6) is 0 Å². The van der Waals surface area contributed by atoms with Crippen LogP contribution in [0.15, 0.2) is 24.3 Å². The van der Waals surface area contributed by atoms with Gasteiger partial charge in [-0.1, -0.05) is 18.2 Å². The normalized spacial score (nSPS) is 25.6. The van der Waals surface area contributed by atoms with E-state index in [2.05, 4.69) is 46.4 Å². The van der Waals surface area contributed by atoms with Gasteiger partial charge in [0.15, 0.2) is 0 Å². The molecule has 2 aliphatic heterocycles. The molecule has 0 spiro atoms. The first kappa shape index (κ1) is 12.0. The standard InChI is InChI=1S/C15H23N3/c1-17-9-11-18(12-10-17)15-7-3-2-5-13(15)14-6-4-8-16-14/h2-3,5,7,14,16H,4,6,8-12H2,1H3. The molecule has 2 saturated heterocycles. The van der Waals surface area contributed by atoms with E-state index in [0.717, 1.165) is 13.1 Å². The van der Waals surface area contributed by atoms with Crippen LogP contribution in [-0.4, -0.2) is 44.7 Å². The van der Waals surface area contributed by atoms with Crippen LogP contribution < -0.4 is 10.2 Å². The molecule has 18 heavy (non-hydrogen) atoms. The smallest absolute Gasteiger partial charge is 0.0415 e. The molecule has 1 aromatic carbocycles. The zero-order valence-electron chi connectivity index (χ0n) is 11.2. The summed E-state index contributed by atoms with van der Waals surface area (Å²) >= 11 is 0. The minimum Gasteiger partial charge on any atom is -0.369 e. The Kier molecular flexibility index (Phi) is 3.52. The number of benzene rings is 1. The molecule has 1 unspecified atom stereocenters. The van der Waals surface area contributed by atoms with Crippen molar-refractivity contribution in [1.29, 1.82) is 0 Å². The van der Waals surface area contributed by atoms with Gasteiger partial charge in [-0.3, -0.25) is 0 Å².